The third-order valence-electron chi connectivity index (χ3n) is 3.42. The van der Waals surface area contributed by atoms with Crippen LogP contribution < -0.4 is 9.47 Å². The summed E-state index contributed by atoms with van der Waals surface area (Å²) in [5, 5.41) is 9.39. The van der Waals surface area contributed by atoms with Crippen molar-refractivity contribution in [2.75, 3.05) is 14.2 Å². The van der Waals surface area contributed by atoms with Gasteiger partial charge in [-0.25, -0.2) is 4.98 Å². The second kappa shape index (κ2) is 5.46. The normalized spacial score (nSPS) is 10.8. The monoisotopic (exact) mass is 284 g/mol. The van der Waals surface area contributed by atoms with Crippen LogP contribution in [-0.2, 0) is 6.61 Å². The van der Waals surface area contributed by atoms with Crippen LogP contribution in [0.25, 0.3) is 16.9 Å². The molecule has 2 heterocycles. The number of methoxy groups -OCH3 is 2. The van der Waals surface area contributed by atoms with Crippen LogP contribution in [0.3, 0.4) is 0 Å². The maximum absolute atomic E-state index is 9.39. The van der Waals surface area contributed by atoms with Crippen LogP contribution in [0.5, 0.6) is 11.5 Å². The van der Waals surface area contributed by atoms with Gasteiger partial charge in [0.2, 0.25) is 0 Å². The van der Waals surface area contributed by atoms with Gasteiger partial charge in [-0.1, -0.05) is 6.07 Å². The van der Waals surface area contributed by atoms with Gasteiger partial charge in [-0.15, -0.1) is 0 Å². The molecule has 0 bridgehead atoms. The minimum Gasteiger partial charge on any atom is -0.497 e. The third-order valence-corrected chi connectivity index (χ3v) is 3.42. The summed E-state index contributed by atoms with van der Waals surface area (Å²) in [4.78, 5) is 4.60. The second-order valence-electron chi connectivity index (χ2n) is 4.61. The zero-order chi connectivity index (χ0) is 14.8. The molecule has 108 valence electrons. The van der Waals surface area contributed by atoms with E-state index in [4.69, 9.17) is 9.47 Å². The molecular formula is C16H16N2O3. The third kappa shape index (κ3) is 2.32. The Bertz CT molecular complexity index is 780. The van der Waals surface area contributed by atoms with Gasteiger partial charge in [0.1, 0.15) is 17.1 Å². The Kier molecular flexibility index (Phi) is 3.50. The van der Waals surface area contributed by atoms with Crippen LogP contribution in [0.1, 0.15) is 5.56 Å². The van der Waals surface area contributed by atoms with Gasteiger partial charge >= 0.3 is 0 Å². The molecule has 0 aliphatic carbocycles. The van der Waals surface area contributed by atoms with E-state index in [9.17, 15) is 5.11 Å². The molecule has 3 rings (SSSR count). The number of ether oxygens (including phenoxy) is 2. The standard InChI is InChI=1S/C16H16N2O3/c1-20-12-5-6-13(15(8-12)21-2)14-9-18-7-3-4-11(10-19)16(18)17-14/h3-9,19H,10H2,1-2H3. The molecule has 0 saturated carbocycles. The van der Waals surface area contributed by atoms with Crippen molar-refractivity contribution in [2.24, 2.45) is 0 Å². The molecule has 2 aromatic heterocycles. The summed E-state index contributed by atoms with van der Waals surface area (Å²) in [5.41, 5.74) is 3.20. The van der Waals surface area contributed by atoms with E-state index >= 15 is 0 Å². The molecule has 5 nitrogen and oxygen atoms in total. The Morgan fingerprint density at radius 3 is 2.76 bits per heavy atom. The summed E-state index contributed by atoms with van der Waals surface area (Å²) in [6.07, 6.45) is 3.82. The highest BCUT2D eigenvalue weighted by molar-refractivity contribution is 5.71. The van der Waals surface area contributed by atoms with Crippen LogP contribution in [0.2, 0.25) is 0 Å². The summed E-state index contributed by atoms with van der Waals surface area (Å²) in [6.45, 7) is -0.0411. The fourth-order valence-electron chi connectivity index (χ4n) is 2.33. The van der Waals surface area contributed by atoms with E-state index in [0.29, 0.717) is 5.75 Å². The number of nitrogens with zero attached hydrogens (tertiary/aromatic N) is 2. The van der Waals surface area contributed by atoms with Gasteiger partial charge in [0.15, 0.2) is 0 Å². The largest absolute Gasteiger partial charge is 0.497 e. The molecule has 0 amide bonds. The van der Waals surface area contributed by atoms with Gasteiger partial charge in [0.05, 0.1) is 26.5 Å². The van der Waals surface area contributed by atoms with Gasteiger partial charge in [0.25, 0.3) is 0 Å². The Balaban J connectivity index is 2.16. The van der Waals surface area contributed by atoms with Crippen LogP contribution >= 0.6 is 0 Å². The minimum absolute atomic E-state index is 0.0411. The zero-order valence-corrected chi connectivity index (χ0v) is 11.9. The Hall–Kier alpha value is -2.53. The predicted molar refractivity (Wildman–Crippen MR) is 79.7 cm³/mol. The molecule has 21 heavy (non-hydrogen) atoms. The fraction of sp³-hybridized carbons (Fsp3) is 0.188. The lowest BCUT2D eigenvalue weighted by molar-refractivity contribution is 0.282. The van der Waals surface area contributed by atoms with E-state index in [0.717, 1.165) is 28.2 Å². The first-order valence-electron chi connectivity index (χ1n) is 6.56. The smallest absolute Gasteiger partial charge is 0.142 e. The molecule has 1 aromatic carbocycles. The quantitative estimate of drug-likeness (QED) is 0.800. The lowest BCUT2D eigenvalue weighted by Gasteiger charge is -2.08. The molecule has 0 fully saturated rings. The number of fused-ring (bicyclic) bond motifs is 1. The van der Waals surface area contributed by atoms with Gasteiger partial charge in [-0.05, 0) is 18.2 Å². The van der Waals surface area contributed by atoms with E-state index in [1.54, 1.807) is 14.2 Å². The number of aliphatic hydroxyl groups is 1. The van der Waals surface area contributed by atoms with Crippen molar-refractivity contribution in [3.05, 3.63) is 48.3 Å². The molecule has 0 saturated heterocycles. The van der Waals surface area contributed by atoms with E-state index < -0.39 is 0 Å². The van der Waals surface area contributed by atoms with Crippen molar-refractivity contribution in [1.82, 2.24) is 9.38 Å². The Morgan fingerprint density at radius 2 is 2.05 bits per heavy atom. The van der Waals surface area contributed by atoms with Crippen LogP contribution in [0.4, 0.5) is 0 Å². The number of hydrogen-bond donors (Lipinski definition) is 1. The number of pyridine rings is 1. The summed E-state index contributed by atoms with van der Waals surface area (Å²) >= 11 is 0. The van der Waals surface area contributed by atoms with Gasteiger partial charge in [-0.3, -0.25) is 0 Å². The second-order valence-corrected chi connectivity index (χ2v) is 4.61. The first kappa shape index (κ1) is 13.5. The van der Waals surface area contributed by atoms with Gasteiger partial charge < -0.3 is 19.0 Å². The highest BCUT2D eigenvalue weighted by atomic mass is 16.5. The highest BCUT2D eigenvalue weighted by Gasteiger charge is 2.12. The fourth-order valence-corrected chi connectivity index (χ4v) is 2.33. The predicted octanol–water partition coefficient (Wildman–Crippen LogP) is 2.51. The number of rotatable bonds is 4. The number of aromatic nitrogens is 2. The molecule has 0 aliphatic heterocycles. The summed E-state index contributed by atoms with van der Waals surface area (Å²) < 4.78 is 12.5. The molecular weight excluding hydrogens is 268 g/mol. The van der Waals surface area contributed by atoms with E-state index in [1.165, 1.54) is 0 Å². The van der Waals surface area contributed by atoms with Crippen LogP contribution in [0.15, 0.2) is 42.7 Å². The molecule has 0 spiro atoms. The Morgan fingerprint density at radius 1 is 1.19 bits per heavy atom. The highest BCUT2D eigenvalue weighted by Crippen LogP contribution is 2.33. The SMILES string of the molecule is COc1ccc(-c2cn3cccc(CO)c3n2)c(OC)c1. The molecule has 0 unspecified atom stereocenters. The van der Waals surface area contributed by atoms with E-state index in [1.807, 2.05) is 47.1 Å². The summed E-state index contributed by atoms with van der Waals surface area (Å²) in [7, 11) is 3.24. The lowest BCUT2D eigenvalue weighted by Crippen LogP contribution is -1.91. The zero-order valence-electron chi connectivity index (χ0n) is 11.9. The van der Waals surface area contributed by atoms with Gasteiger partial charge in [0, 0.05) is 29.6 Å². The topological polar surface area (TPSA) is 56.0 Å². The average Bonchev–Trinajstić information content (AvgIpc) is 2.97. The minimum atomic E-state index is -0.0411. The molecule has 0 radical (unpaired) electrons. The van der Waals surface area contributed by atoms with Gasteiger partial charge in [-0.2, -0.15) is 0 Å². The molecule has 5 heteroatoms. The number of hydrogen-bond acceptors (Lipinski definition) is 4. The summed E-state index contributed by atoms with van der Waals surface area (Å²) in [5.74, 6) is 1.43. The first-order chi connectivity index (χ1) is 10.3. The van der Waals surface area contributed by atoms with Crippen molar-refractivity contribution in [3.8, 4) is 22.8 Å². The van der Waals surface area contributed by atoms with E-state index in [-0.39, 0.29) is 6.61 Å². The number of benzene rings is 1. The molecule has 0 atom stereocenters. The van der Waals surface area contributed by atoms with Crippen molar-refractivity contribution >= 4 is 5.65 Å². The van der Waals surface area contributed by atoms with Crippen molar-refractivity contribution in [1.29, 1.82) is 0 Å². The van der Waals surface area contributed by atoms with Crippen LogP contribution in [-0.4, -0.2) is 28.7 Å². The maximum atomic E-state index is 9.39. The lowest BCUT2D eigenvalue weighted by atomic mass is 10.1. The summed E-state index contributed by atoms with van der Waals surface area (Å²) in [6, 6.07) is 9.35. The first-order valence-corrected chi connectivity index (χ1v) is 6.56. The molecule has 1 N–H and O–H groups in total. The molecule has 0 aliphatic rings. The van der Waals surface area contributed by atoms with E-state index in [2.05, 4.69) is 4.98 Å². The van der Waals surface area contributed by atoms with Crippen molar-refractivity contribution in [2.45, 2.75) is 6.61 Å². The maximum Gasteiger partial charge on any atom is 0.142 e. The van der Waals surface area contributed by atoms with Crippen molar-refractivity contribution < 1.29 is 14.6 Å². The number of aliphatic hydroxyl groups excluding tert-OH is 1. The van der Waals surface area contributed by atoms with Crippen LogP contribution in [0, 0.1) is 0 Å². The number of imidazole rings is 1. The average molecular weight is 284 g/mol. The Labute approximate surface area is 122 Å². The van der Waals surface area contributed by atoms with Crippen molar-refractivity contribution in [3.63, 3.8) is 0 Å². The molecule has 3 aromatic rings.